The van der Waals surface area contributed by atoms with E-state index in [4.69, 9.17) is 4.74 Å². The number of thiophene rings is 1. The van der Waals surface area contributed by atoms with Gasteiger partial charge in [0.05, 0.1) is 16.2 Å². The van der Waals surface area contributed by atoms with Crippen molar-refractivity contribution in [2.45, 2.75) is 32.8 Å². The molecule has 0 aliphatic rings. The number of Topliss-reactive ketones (excluding diaryl/α,β-unsaturated/α-hetero) is 1. The lowest BCUT2D eigenvalue weighted by atomic mass is 10.2. The number of ketones is 1. The van der Waals surface area contributed by atoms with E-state index in [9.17, 15) is 24.5 Å². The Morgan fingerprint density at radius 1 is 1.19 bits per heavy atom. The van der Waals surface area contributed by atoms with Gasteiger partial charge in [-0.25, -0.2) is 0 Å². The standard InChI is InChI=1S/C18H18N2O6S/c1-11-7-9-16(27-11)15(21)8-10-17(22)26-12(2)18(23)19-13-5-3-4-6-14(13)20(24)25/h3-7,9,12H,8,10H2,1-2H3,(H,19,23)/t12-/m1/s1. The van der Waals surface area contributed by atoms with Crippen molar-refractivity contribution in [3.05, 3.63) is 56.3 Å². The average molecular weight is 390 g/mol. The van der Waals surface area contributed by atoms with Gasteiger partial charge in [-0.15, -0.1) is 11.3 Å². The minimum absolute atomic E-state index is 0.0126. The molecule has 0 spiro atoms. The molecule has 1 aromatic carbocycles. The Morgan fingerprint density at radius 2 is 1.89 bits per heavy atom. The fourth-order valence-corrected chi connectivity index (χ4v) is 3.04. The van der Waals surface area contributed by atoms with Crippen LogP contribution in [0.25, 0.3) is 0 Å². The van der Waals surface area contributed by atoms with Crippen molar-refractivity contribution in [1.82, 2.24) is 0 Å². The van der Waals surface area contributed by atoms with E-state index in [1.165, 1.54) is 42.5 Å². The zero-order valence-electron chi connectivity index (χ0n) is 14.8. The average Bonchev–Trinajstić information content (AvgIpc) is 3.06. The summed E-state index contributed by atoms with van der Waals surface area (Å²) in [5.41, 5.74) is -0.250. The van der Waals surface area contributed by atoms with Gasteiger partial charge in [0.25, 0.3) is 11.6 Å². The van der Waals surface area contributed by atoms with Gasteiger partial charge in [0.15, 0.2) is 11.9 Å². The number of hydrogen-bond donors (Lipinski definition) is 1. The van der Waals surface area contributed by atoms with Crippen LogP contribution in [0.5, 0.6) is 0 Å². The number of carbonyl (C=O) groups is 3. The summed E-state index contributed by atoms with van der Waals surface area (Å²) >= 11 is 1.35. The van der Waals surface area contributed by atoms with Gasteiger partial charge in [0, 0.05) is 17.4 Å². The topological polar surface area (TPSA) is 116 Å². The van der Waals surface area contributed by atoms with Crippen molar-refractivity contribution < 1.29 is 24.0 Å². The summed E-state index contributed by atoms with van der Waals surface area (Å²) in [5.74, 6) is -1.55. The van der Waals surface area contributed by atoms with Crippen LogP contribution in [0.2, 0.25) is 0 Å². The number of para-hydroxylation sites is 2. The van der Waals surface area contributed by atoms with Crippen LogP contribution < -0.4 is 5.32 Å². The number of nitrogens with one attached hydrogen (secondary N) is 1. The van der Waals surface area contributed by atoms with Crippen LogP contribution in [0.1, 0.15) is 34.3 Å². The Balaban J connectivity index is 1.86. The smallest absolute Gasteiger partial charge is 0.307 e. The summed E-state index contributed by atoms with van der Waals surface area (Å²) < 4.78 is 5.01. The maximum Gasteiger partial charge on any atom is 0.307 e. The fourth-order valence-electron chi connectivity index (χ4n) is 2.21. The van der Waals surface area contributed by atoms with Gasteiger partial charge in [-0.3, -0.25) is 24.5 Å². The molecular weight excluding hydrogens is 372 g/mol. The third kappa shape index (κ3) is 5.71. The van der Waals surface area contributed by atoms with Gasteiger partial charge in [-0.05, 0) is 32.0 Å². The highest BCUT2D eigenvalue weighted by Gasteiger charge is 2.22. The van der Waals surface area contributed by atoms with E-state index in [-0.39, 0.29) is 30.0 Å². The quantitative estimate of drug-likeness (QED) is 0.319. The van der Waals surface area contributed by atoms with Crippen LogP contribution in [0, 0.1) is 17.0 Å². The van der Waals surface area contributed by atoms with Crippen molar-refractivity contribution in [2.24, 2.45) is 0 Å². The van der Waals surface area contributed by atoms with E-state index in [1.54, 1.807) is 6.07 Å². The van der Waals surface area contributed by atoms with E-state index in [0.29, 0.717) is 4.88 Å². The molecule has 0 saturated heterocycles. The number of ether oxygens (including phenoxy) is 1. The van der Waals surface area contributed by atoms with E-state index < -0.39 is 22.9 Å². The Labute approximate surface area is 159 Å². The minimum atomic E-state index is -1.16. The number of amides is 1. The SMILES string of the molecule is Cc1ccc(C(=O)CCC(=O)O[C@H](C)C(=O)Nc2ccccc2[N+](=O)[O-])s1. The first-order valence-corrected chi connectivity index (χ1v) is 8.93. The van der Waals surface area contributed by atoms with Crippen LogP contribution >= 0.6 is 11.3 Å². The maximum atomic E-state index is 12.1. The zero-order chi connectivity index (χ0) is 20.0. The molecule has 0 unspecified atom stereocenters. The largest absolute Gasteiger partial charge is 0.453 e. The molecule has 1 heterocycles. The number of nitro benzene ring substituents is 1. The van der Waals surface area contributed by atoms with Gasteiger partial charge < -0.3 is 10.1 Å². The van der Waals surface area contributed by atoms with Crippen molar-refractivity contribution in [2.75, 3.05) is 5.32 Å². The molecule has 1 N–H and O–H groups in total. The molecular formula is C18H18N2O6S. The van der Waals surface area contributed by atoms with Crippen molar-refractivity contribution in [3.63, 3.8) is 0 Å². The highest BCUT2D eigenvalue weighted by atomic mass is 32.1. The van der Waals surface area contributed by atoms with Crippen LogP contribution in [0.3, 0.4) is 0 Å². The number of esters is 1. The van der Waals surface area contributed by atoms with E-state index in [1.807, 2.05) is 13.0 Å². The molecule has 0 aliphatic carbocycles. The summed E-state index contributed by atoms with van der Waals surface area (Å²) in [5, 5.41) is 13.3. The fraction of sp³-hybridized carbons (Fsp3) is 0.278. The lowest BCUT2D eigenvalue weighted by Gasteiger charge is -2.13. The van der Waals surface area contributed by atoms with E-state index in [0.717, 1.165) is 4.88 Å². The Morgan fingerprint density at radius 3 is 2.52 bits per heavy atom. The van der Waals surface area contributed by atoms with Crippen molar-refractivity contribution in [3.8, 4) is 0 Å². The maximum absolute atomic E-state index is 12.1. The highest BCUT2D eigenvalue weighted by Crippen LogP contribution is 2.23. The van der Waals surface area contributed by atoms with Gasteiger partial charge in [0.2, 0.25) is 0 Å². The highest BCUT2D eigenvalue weighted by molar-refractivity contribution is 7.14. The number of rotatable bonds is 8. The molecule has 27 heavy (non-hydrogen) atoms. The molecule has 0 saturated carbocycles. The molecule has 9 heteroatoms. The number of nitro groups is 1. The van der Waals surface area contributed by atoms with Crippen LogP contribution in [0.4, 0.5) is 11.4 Å². The van der Waals surface area contributed by atoms with E-state index in [2.05, 4.69) is 5.32 Å². The lowest BCUT2D eigenvalue weighted by molar-refractivity contribution is -0.383. The molecule has 1 aromatic heterocycles. The zero-order valence-corrected chi connectivity index (χ0v) is 15.6. The summed E-state index contributed by atoms with van der Waals surface area (Å²) in [6.45, 7) is 3.24. The normalized spacial score (nSPS) is 11.5. The van der Waals surface area contributed by atoms with Crippen LogP contribution in [0.15, 0.2) is 36.4 Å². The van der Waals surface area contributed by atoms with Crippen molar-refractivity contribution in [1.29, 1.82) is 0 Å². The lowest BCUT2D eigenvalue weighted by Crippen LogP contribution is -2.30. The summed E-state index contributed by atoms with van der Waals surface area (Å²) in [6, 6.07) is 9.18. The molecule has 0 bridgehead atoms. The molecule has 8 nitrogen and oxygen atoms in total. The second kappa shape index (κ2) is 9.04. The summed E-state index contributed by atoms with van der Waals surface area (Å²) in [6.07, 6.45) is -1.33. The number of benzene rings is 1. The first-order chi connectivity index (χ1) is 12.8. The second-order valence-electron chi connectivity index (χ2n) is 5.73. The molecule has 0 radical (unpaired) electrons. The van der Waals surface area contributed by atoms with Crippen molar-refractivity contribution >= 4 is 40.4 Å². The molecule has 2 rings (SSSR count). The molecule has 0 aliphatic heterocycles. The first-order valence-electron chi connectivity index (χ1n) is 8.11. The first kappa shape index (κ1) is 20.2. The predicted molar refractivity (Wildman–Crippen MR) is 99.9 cm³/mol. The number of aryl methyl sites for hydroxylation is 1. The third-order valence-electron chi connectivity index (χ3n) is 3.61. The Hall–Kier alpha value is -3.07. The van der Waals surface area contributed by atoms with Gasteiger partial charge in [0.1, 0.15) is 5.69 Å². The number of anilines is 1. The van der Waals surface area contributed by atoms with Gasteiger partial charge >= 0.3 is 5.97 Å². The summed E-state index contributed by atoms with van der Waals surface area (Å²) in [4.78, 5) is 47.9. The monoisotopic (exact) mass is 390 g/mol. The molecule has 1 atom stereocenters. The van der Waals surface area contributed by atoms with Crippen LogP contribution in [-0.4, -0.2) is 28.7 Å². The predicted octanol–water partition coefficient (Wildman–Crippen LogP) is 3.50. The van der Waals surface area contributed by atoms with Crippen LogP contribution in [-0.2, 0) is 14.3 Å². The molecule has 0 fully saturated rings. The second-order valence-corrected chi connectivity index (χ2v) is 7.02. The number of nitrogens with zero attached hydrogens (tertiary/aromatic N) is 1. The number of hydrogen-bond acceptors (Lipinski definition) is 7. The summed E-state index contributed by atoms with van der Waals surface area (Å²) in [7, 11) is 0. The minimum Gasteiger partial charge on any atom is -0.453 e. The molecule has 142 valence electrons. The molecule has 2 aromatic rings. The van der Waals surface area contributed by atoms with Gasteiger partial charge in [-0.1, -0.05) is 12.1 Å². The Kier molecular flexibility index (Phi) is 6.78. The van der Waals surface area contributed by atoms with E-state index >= 15 is 0 Å². The Bertz CT molecular complexity index is 876. The third-order valence-corrected chi connectivity index (χ3v) is 4.65. The number of carbonyl (C=O) groups excluding carboxylic acids is 3. The van der Waals surface area contributed by atoms with Gasteiger partial charge in [-0.2, -0.15) is 0 Å². The molecule has 1 amide bonds.